The normalized spacial score (nSPS) is 11.1. The zero-order chi connectivity index (χ0) is 9.94. The second kappa shape index (κ2) is 3.70. The summed E-state index contributed by atoms with van der Waals surface area (Å²) in [5.41, 5.74) is -0.569. The highest BCUT2D eigenvalue weighted by Gasteiger charge is 2.29. The minimum absolute atomic E-state index is 0.327. The molecule has 0 bridgehead atoms. The van der Waals surface area contributed by atoms with E-state index in [9.17, 15) is 9.59 Å². The van der Waals surface area contributed by atoms with Gasteiger partial charge in [0.1, 0.15) is 0 Å². The van der Waals surface area contributed by atoms with Crippen LogP contribution in [0.15, 0.2) is 0 Å². The molecule has 0 aliphatic heterocycles. The minimum atomic E-state index is -0.569. The third-order valence-corrected chi connectivity index (χ3v) is 1.70. The number of hydrogen-bond acceptors (Lipinski definition) is 2. The van der Waals surface area contributed by atoms with Gasteiger partial charge < -0.3 is 4.90 Å². The monoisotopic (exact) mass is 171 g/mol. The molecule has 0 aromatic carbocycles. The Bertz CT molecular complexity index is 191. The molecule has 3 heteroatoms. The molecule has 0 aromatic rings. The molecule has 0 unspecified atom stereocenters. The Labute approximate surface area is 73.7 Å². The molecule has 0 saturated carbocycles. The van der Waals surface area contributed by atoms with Crippen LogP contribution >= 0.6 is 0 Å². The molecule has 0 rings (SSSR count). The topological polar surface area (TPSA) is 37.4 Å². The fraction of sp³-hybridized carbons (Fsp3) is 0.778. The van der Waals surface area contributed by atoms with Gasteiger partial charge in [-0.25, -0.2) is 0 Å². The van der Waals surface area contributed by atoms with Gasteiger partial charge in [-0.2, -0.15) is 0 Å². The molecule has 0 spiro atoms. The molecule has 0 atom stereocenters. The zero-order valence-electron chi connectivity index (χ0n) is 8.47. The molecule has 3 nitrogen and oxygen atoms in total. The summed E-state index contributed by atoms with van der Waals surface area (Å²) in [7, 11) is 1.63. The summed E-state index contributed by atoms with van der Waals surface area (Å²) in [6.45, 7) is 7.65. The maximum atomic E-state index is 11.4. The van der Waals surface area contributed by atoms with E-state index in [0.717, 1.165) is 0 Å². The van der Waals surface area contributed by atoms with Gasteiger partial charge in [0.25, 0.3) is 5.91 Å². The van der Waals surface area contributed by atoms with Crippen LogP contribution in [-0.2, 0) is 9.59 Å². The van der Waals surface area contributed by atoms with Gasteiger partial charge in [-0.1, -0.05) is 20.8 Å². The predicted molar refractivity (Wildman–Crippen MR) is 47.8 cm³/mol. The van der Waals surface area contributed by atoms with Crippen LogP contribution in [0, 0.1) is 5.41 Å². The van der Waals surface area contributed by atoms with Crippen LogP contribution in [0.3, 0.4) is 0 Å². The molecular weight excluding hydrogens is 154 g/mol. The zero-order valence-corrected chi connectivity index (χ0v) is 8.47. The highest BCUT2D eigenvalue weighted by molar-refractivity contribution is 6.37. The minimum Gasteiger partial charge on any atom is -0.339 e. The molecule has 0 aromatic heterocycles. The average molecular weight is 171 g/mol. The lowest BCUT2D eigenvalue weighted by molar-refractivity contribution is -0.147. The number of ketones is 1. The van der Waals surface area contributed by atoms with Gasteiger partial charge in [0.15, 0.2) is 0 Å². The van der Waals surface area contributed by atoms with Crippen molar-refractivity contribution in [3.05, 3.63) is 0 Å². The van der Waals surface area contributed by atoms with Crippen LogP contribution in [0.1, 0.15) is 27.7 Å². The van der Waals surface area contributed by atoms with Gasteiger partial charge in [0.2, 0.25) is 5.78 Å². The average Bonchev–Trinajstić information content (AvgIpc) is 1.98. The summed E-state index contributed by atoms with van der Waals surface area (Å²) in [6.07, 6.45) is 0. The molecule has 12 heavy (non-hydrogen) atoms. The summed E-state index contributed by atoms with van der Waals surface area (Å²) in [6, 6.07) is 0. The van der Waals surface area contributed by atoms with E-state index in [4.69, 9.17) is 0 Å². The van der Waals surface area contributed by atoms with Crippen molar-refractivity contribution in [1.82, 2.24) is 4.90 Å². The van der Waals surface area contributed by atoms with Crippen LogP contribution in [0.5, 0.6) is 0 Å². The molecule has 0 radical (unpaired) electrons. The van der Waals surface area contributed by atoms with Crippen molar-refractivity contribution in [2.24, 2.45) is 5.41 Å². The molecule has 0 saturated heterocycles. The van der Waals surface area contributed by atoms with Gasteiger partial charge in [-0.15, -0.1) is 0 Å². The third-order valence-electron chi connectivity index (χ3n) is 1.70. The molecule has 0 fully saturated rings. The van der Waals surface area contributed by atoms with Gasteiger partial charge in [-0.3, -0.25) is 9.59 Å². The number of hydrogen-bond donors (Lipinski definition) is 0. The summed E-state index contributed by atoms with van der Waals surface area (Å²) in [4.78, 5) is 24.1. The summed E-state index contributed by atoms with van der Waals surface area (Å²) < 4.78 is 0. The largest absolute Gasteiger partial charge is 0.339 e. The molecular formula is C9H17NO2. The van der Waals surface area contributed by atoms with Crippen molar-refractivity contribution in [3.63, 3.8) is 0 Å². The predicted octanol–water partition coefficient (Wildman–Crippen LogP) is 1.08. The molecule has 1 amide bonds. The van der Waals surface area contributed by atoms with Gasteiger partial charge >= 0.3 is 0 Å². The van der Waals surface area contributed by atoms with Crippen molar-refractivity contribution in [2.45, 2.75) is 27.7 Å². The second-order valence-corrected chi connectivity index (χ2v) is 3.90. The summed E-state index contributed by atoms with van der Waals surface area (Å²) in [5, 5.41) is 0. The van der Waals surface area contributed by atoms with E-state index in [-0.39, 0.29) is 5.78 Å². The highest BCUT2D eigenvalue weighted by Crippen LogP contribution is 2.15. The van der Waals surface area contributed by atoms with E-state index in [2.05, 4.69) is 0 Å². The molecule has 0 N–H and O–H groups in total. The quantitative estimate of drug-likeness (QED) is 0.583. The number of carbonyl (C=O) groups excluding carboxylic acids is 2. The van der Waals surface area contributed by atoms with Crippen LogP contribution in [-0.4, -0.2) is 30.2 Å². The number of carbonyl (C=O) groups is 2. The molecule has 0 heterocycles. The Morgan fingerprint density at radius 2 is 1.67 bits per heavy atom. The Morgan fingerprint density at radius 1 is 1.25 bits per heavy atom. The first-order valence-corrected chi connectivity index (χ1v) is 4.10. The maximum absolute atomic E-state index is 11.4. The number of rotatable bonds is 2. The van der Waals surface area contributed by atoms with Crippen LogP contribution in [0.4, 0.5) is 0 Å². The number of amides is 1. The highest BCUT2D eigenvalue weighted by atomic mass is 16.2. The van der Waals surface area contributed by atoms with E-state index >= 15 is 0 Å². The lowest BCUT2D eigenvalue weighted by Gasteiger charge is -2.20. The second-order valence-electron chi connectivity index (χ2n) is 3.90. The van der Waals surface area contributed by atoms with Crippen LogP contribution < -0.4 is 0 Å². The fourth-order valence-electron chi connectivity index (χ4n) is 0.638. The Kier molecular flexibility index (Phi) is 3.43. The van der Waals surface area contributed by atoms with Gasteiger partial charge in [0.05, 0.1) is 0 Å². The maximum Gasteiger partial charge on any atom is 0.290 e. The Morgan fingerprint density at radius 3 is 1.92 bits per heavy atom. The SMILES string of the molecule is CCN(C)C(=O)C(=O)C(C)(C)C. The van der Waals surface area contributed by atoms with Crippen molar-refractivity contribution in [3.8, 4) is 0 Å². The van der Waals surface area contributed by atoms with Gasteiger partial charge in [0, 0.05) is 19.0 Å². The van der Waals surface area contributed by atoms with E-state index in [1.807, 2.05) is 6.92 Å². The van der Waals surface area contributed by atoms with Crippen molar-refractivity contribution in [1.29, 1.82) is 0 Å². The molecule has 0 aliphatic rings. The summed E-state index contributed by atoms with van der Waals surface area (Å²) in [5.74, 6) is -0.725. The van der Waals surface area contributed by atoms with E-state index < -0.39 is 11.3 Å². The molecule has 0 aliphatic carbocycles. The van der Waals surface area contributed by atoms with E-state index in [0.29, 0.717) is 6.54 Å². The van der Waals surface area contributed by atoms with Gasteiger partial charge in [-0.05, 0) is 6.92 Å². The summed E-state index contributed by atoms with van der Waals surface area (Å²) >= 11 is 0. The first kappa shape index (κ1) is 11.1. The standard InChI is InChI=1S/C9H17NO2/c1-6-10(5)8(12)7(11)9(2,3)4/h6H2,1-5H3. The number of nitrogens with zero attached hydrogens (tertiary/aromatic N) is 1. The lowest BCUT2D eigenvalue weighted by Crippen LogP contribution is -2.39. The number of Topliss-reactive ketones (excluding diaryl/α,β-unsaturated/α-hetero) is 1. The third kappa shape index (κ3) is 2.64. The van der Waals surface area contributed by atoms with Crippen molar-refractivity contribution < 1.29 is 9.59 Å². The Balaban J connectivity index is 4.42. The lowest BCUT2D eigenvalue weighted by atomic mass is 9.90. The van der Waals surface area contributed by atoms with E-state index in [1.54, 1.807) is 27.8 Å². The first-order chi connectivity index (χ1) is 5.30. The Hall–Kier alpha value is -0.860. The smallest absolute Gasteiger partial charge is 0.290 e. The molecule has 70 valence electrons. The fourth-order valence-corrected chi connectivity index (χ4v) is 0.638. The van der Waals surface area contributed by atoms with Crippen molar-refractivity contribution in [2.75, 3.05) is 13.6 Å². The first-order valence-electron chi connectivity index (χ1n) is 4.10. The van der Waals surface area contributed by atoms with Crippen molar-refractivity contribution >= 4 is 11.7 Å². The van der Waals surface area contributed by atoms with Crippen LogP contribution in [0.25, 0.3) is 0 Å². The number of likely N-dealkylation sites (N-methyl/N-ethyl adjacent to an activating group) is 1. The van der Waals surface area contributed by atoms with Crippen LogP contribution in [0.2, 0.25) is 0 Å². The van der Waals surface area contributed by atoms with E-state index in [1.165, 1.54) is 4.90 Å².